The van der Waals surface area contributed by atoms with E-state index in [0.29, 0.717) is 13.2 Å². The highest BCUT2D eigenvalue weighted by Gasteiger charge is 2.23. The molecule has 0 radical (unpaired) electrons. The van der Waals surface area contributed by atoms with E-state index in [1.165, 1.54) is 21.2 Å². The van der Waals surface area contributed by atoms with Crippen molar-refractivity contribution in [2.24, 2.45) is 7.05 Å². The van der Waals surface area contributed by atoms with Crippen molar-refractivity contribution in [2.45, 2.75) is 26.4 Å². The molecule has 0 amide bonds. The Kier molecular flexibility index (Phi) is 6.64. The number of aryl methyl sites for hydroxylation is 2. The summed E-state index contributed by atoms with van der Waals surface area (Å²) in [6.45, 7) is 5.70. The summed E-state index contributed by atoms with van der Waals surface area (Å²) in [7, 11) is 1.98. The SMILES string of the molecule is Cc1nn(C)cc1CN1CCOc2c(cc(-c3csc4ccccc34)cc2OCCc2ccccn2)C1. The van der Waals surface area contributed by atoms with E-state index >= 15 is 0 Å². The summed E-state index contributed by atoms with van der Waals surface area (Å²) >= 11 is 1.78. The van der Waals surface area contributed by atoms with Crippen LogP contribution in [0.4, 0.5) is 0 Å². The zero-order valence-electron chi connectivity index (χ0n) is 21.2. The molecule has 0 bridgehead atoms. The summed E-state index contributed by atoms with van der Waals surface area (Å²) in [6, 6.07) is 19.0. The van der Waals surface area contributed by atoms with Crippen molar-refractivity contribution in [3.8, 4) is 22.6 Å². The molecule has 1 aliphatic rings. The van der Waals surface area contributed by atoms with Crippen molar-refractivity contribution < 1.29 is 9.47 Å². The van der Waals surface area contributed by atoms with E-state index in [9.17, 15) is 0 Å². The Balaban J connectivity index is 1.34. The smallest absolute Gasteiger partial charge is 0.165 e. The molecule has 0 saturated heterocycles. The minimum Gasteiger partial charge on any atom is -0.489 e. The van der Waals surface area contributed by atoms with Gasteiger partial charge in [0.05, 0.1) is 12.3 Å². The maximum atomic E-state index is 6.40. The van der Waals surface area contributed by atoms with Crippen molar-refractivity contribution in [2.75, 3.05) is 19.8 Å². The number of fused-ring (bicyclic) bond motifs is 2. The number of hydrogen-bond donors (Lipinski definition) is 0. The van der Waals surface area contributed by atoms with Crippen LogP contribution in [0.5, 0.6) is 11.5 Å². The number of ether oxygens (including phenoxy) is 2. The molecule has 37 heavy (non-hydrogen) atoms. The molecule has 7 heteroatoms. The normalized spacial score (nSPS) is 13.8. The monoisotopic (exact) mass is 510 g/mol. The van der Waals surface area contributed by atoms with Crippen LogP contribution in [0.1, 0.15) is 22.5 Å². The number of nitrogens with zero attached hydrogens (tertiary/aromatic N) is 4. The van der Waals surface area contributed by atoms with Gasteiger partial charge in [0.25, 0.3) is 0 Å². The van der Waals surface area contributed by atoms with Gasteiger partial charge in [-0.05, 0) is 48.2 Å². The standard InChI is InChI=1S/C30H30N4O2S/c1-21-24(17-33(2)32-21)19-34-12-14-36-30-23(18-34)15-22(27-20-37-29-9-4-3-8-26(27)29)16-28(30)35-13-10-25-7-5-6-11-31-25/h3-9,11,15-17,20H,10,12-14,18-19H2,1-2H3. The van der Waals surface area contributed by atoms with Crippen LogP contribution >= 0.6 is 11.3 Å². The Hall–Kier alpha value is -3.68. The molecule has 0 N–H and O–H groups in total. The van der Waals surface area contributed by atoms with Crippen LogP contribution in [0.2, 0.25) is 0 Å². The highest BCUT2D eigenvalue weighted by Crippen LogP contribution is 2.42. The van der Waals surface area contributed by atoms with Crippen molar-refractivity contribution in [3.05, 3.63) is 94.9 Å². The predicted octanol–water partition coefficient (Wildman–Crippen LogP) is 6.02. The molecule has 6 nitrogen and oxygen atoms in total. The van der Waals surface area contributed by atoms with Crippen LogP contribution in [-0.4, -0.2) is 39.4 Å². The highest BCUT2D eigenvalue weighted by atomic mass is 32.1. The number of pyridine rings is 1. The molecular weight excluding hydrogens is 480 g/mol. The number of benzene rings is 2. The van der Waals surface area contributed by atoms with E-state index in [0.717, 1.165) is 60.1 Å². The van der Waals surface area contributed by atoms with Gasteiger partial charge in [0.15, 0.2) is 11.5 Å². The minimum absolute atomic E-state index is 0.541. The lowest BCUT2D eigenvalue weighted by Crippen LogP contribution is -2.25. The van der Waals surface area contributed by atoms with Crippen LogP contribution in [0.25, 0.3) is 21.2 Å². The molecule has 0 fully saturated rings. The van der Waals surface area contributed by atoms with Gasteiger partial charge in [0, 0.05) is 78.0 Å². The first-order chi connectivity index (χ1) is 18.1. The third-order valence-electron chi connectivity index (χ3n) is 6.82. The van der Waals surface area contributed by atoms with Crippen LogP contribution in [-0.2, 0) is 26.6 Å². The Bertz CT molecular complexity index is 1530. The van der Waals surface area contributed by atoms with E-state index in [2.05, 4.69) is 69.9 Å². The molecule has 1 aliphatic heterocycles. The van der Waals surface area contributed by atoms with Crippen LogP contribution < -0.4 is 9.47 Å². The van der Waals surface area contributed by atoms with Crippen LogP contribution in [0.3, 0.4) is 0 Å². The third-order valence-corrected chi connectivity index (χ3v) is 7.79. The fourth-order valence-electron chi connectivity index (χ4n) is 4.99. The van der Waals surface area contributed by atoms with Gasteiger partial charge in [-0.3, -0.25) is 14.6 Å². The summed E-state index contributed by atoms with van der Waals surface area (Å²) < 4.78 is 15.9. The maximum Gasteiger partial charge on any atom is 0.165 e. The quantitative estimate of drug-likeness (QED) is 0.268. The third kappa shape index (κ3) is 5.10. The van der Waals surface area contributed by atoms with Crippen LogP contribution in [0.15, 0.2) is 72.4 Å². The van der Waals surface area contributed by atoms with Crippen molar-refractivity contribution >= 4 is 21.4 Å². The first-order valence-electron chi connectivity index (χ1n) is 12.6. The molecular formula is C30H30N4O2S. The largest absolute Gasteiger partial charge is 0.489 e. The van der Waals surface area contributed by atoms with E-state index < -0.39 is 0 Å². The molecule has 4 heterocycles. The Morgan fingerprint density at radius 1 is 1.11 bits per heavy atom. The maximum absolute atomic E-state index is 6.40. The summed E-state index contributed by atoms with van der Waals surface area (Å²) in [5.41, 5.74) is 6.89. The predicted molar refractivity (Wildman–Crippen MR) is 148 cm³/mol. The lowest BCUT2D eigenvalue weighted by atomic mass is 10.0. The Labute approximate surface area is 221 Å². The fourth-order valence-corrected chi connectivity index (χ4v) is 5.96. The number of thiophene rings is 1. The summed E-state index contributed by atoms with van der Waals surface area (Å²) in [5.74, 6) is 1.66. The van der Waals surface area contributed by atoms with Gasteiger partial charge in [-0.15, -0.1) is 11.3 Å². The molecule has 188 valence electrons. The van der Waals surface area contributed by atoms with Gasteiger partial charge in [-0.2, -0.15) is 5.10 Å². The average Bonchev–Trinajstić information content (AvgIpc) is 3.40. The van der Waals surface area contributed by atoms with Gasteiger partial charge in [0.2, 0.25) is 0 Å². The van der Waals surface area contributed by atoms with E-state index in [-0.39, 0.29) is 0 Å². The summed E-state index contributed by atoms with van der Waals surface area (Å²) in [6.07, 6.45) is 4.68. The molecule has 6 rings (SSSR count). The topological polar surface area (TPSA) is 52.4 Å². The van der Waals surface area contributed by atoms with Crippen molar-refractivity contribution in [1.82, 2.24) is 19.7 Å². The van der Waals surface area contributed by atoms with Gasteiger partial charge in [-0.25, -0.2) is 0 Å². The lowest BCUT2D eigenvalue weighted by molar-refractivity contribution is 0.214. The van der Waals surface area contributed by atoms with Gasteiger partial charge in [-0.1, -0.05) is 24.3 Å². The van der Waals surface area contributed by atoms with Gasteiger partial charge >= 0.3 is 0 Å². The first-order valence-corrected chi connectivity index (χ1v) is 13.5. The van der Waals surface area contributed by atoms with Crippen molar-refractivity contribution in [1.29, 1.82) is 0 Å². The Morgan fingerprint density at radius 2 is 2.00 bits per heavy atom. The molecule has 0 saturated carbocycles. The average molecular weight is 511 g/mol. The second-order valence-electron chi connectivity index (χ2n) is 9.50. The zero-order chi connectivity index (χ0) is 25.2. The molecule has 2 aromatic carbocycles. The Morgan fingerprint density at radius 3 is 2.84 bits per heavy atom. The second kappa shape index (κ2) is 10.4. The molecule has 5 aromatic rings. The molecule has 0 atom stereocenters. The molecule has 0 aliphatic carbocycles. The highest BCUT2D eigenvalue weighted by molar-refractivity contribution is 7.17. The first kappa shape index (κ1) is 23.7. The van der Waals surface area contributed by atoms with E-state index in [1.807, 2.05) is 36.1 Å². The van der Waals surface area contributed by atoms with E-state index in [4.69, 9.17) is 9.47 Å². The molecule has 0 spiro atoms. The summed E-state index contributed by atoms with van der Waals surface area (Å²) in [4.78, 5) is 6.87. The fraction of sp³-hybridized carbons (Fsp3) is 0.267. The zero-order valence-corrected chi connectivity index (χ0v) is 22.0. The second-order valence-corrected chi connectivity index (χ2v) is 10.4. The van der Waals surface area contributed by atoms with Gasteiger partial charge in [0.1, 0.15) is 6.61 Å². The number of rotatable bonds is 7. The number of hydrogen-bond acceptors (Lipinski definition) is 6. The van der Waals surface area contributed by atoms with Crippen molar-refractivity contribution in [3.63, 3.8) is 0 Å². The van der Waals surface area contributed by atoms with E-state index in [1.54, 1.807) is 11.3 Å². The molecule has 3 aromatic heterocycles. The molecule has 0 unspecified atom stereocenters. The minimum atomic E-state index is 0.541. The lowest BCUT2D eigenvalue weighted by Gasteiger charge is -2.19. The number of aromatic nitrogens is 3. The summed E-state index contributed by atoms with van der Waals surface area (Å²) in [5, 5.41) is 8.04. The van der Waals surface area contributed by atoms with Gasteiger partial charge < -0.3 is 9.47 Å². The van der Waals surface area contributed by atoms with Crippen LogP contribution in [0, 0.1) is 6.92 Å².